The first-order valence-electron chi connectivity index (χ1n) is 30.6. The van der Waals surface area contributed by atoms with Crippen molar-refractivity contribution in [1.29, 1.82) is 0 Å². The zero-order chi connectivity index (χ0) is 44.9. The summed E-state index contributed by atoms with van der Waals surface area (Å²) in [4.78, 5) is 0. The molecule has 0 heterocycles. The fourth-order valence-corrected chi connectivity index (χ4v) is 11.0. The second-order valence-electron chi connectivity index (χ2n) is 22.2. The molecule has 0 aromatic heterocycles. The van der Waals surface area contributed by atoms with Crippen molar-refractivity contribution in [3.8, 4) is 0 Å². The van der Waals surface area contributed by atoms with Crippen LogP contribution in [0, 0.1) is 17.8 Å². The lowest BCUT2D eigenvalue weighted by Crippen LogP contribution is -2.10. The van der Waals surface area contributed by atoms with Crippen LogP contribution in [0.4, 0.5) is 0 Å². The molecule has 374 valence electrons. The zero-order valence-electron chi connectivity index (χ0n) is 44.9. The second kappa shape index (κ2) is 55.3. The summed E-state index contributed by atoms with van der Waals surface area (Å²) in [6, 6.07) is 0. The van der Waals surface area contributed by atoms with E-state index in [-0.39, 0.29) is 0 Å². The molecule has 62 heavy (non-hydrogen) atoms. The first kappa shape index (κ1) is 62.0. The highest BCUT2D eigenvalue weighted by atomic mass is 14.2. The van der Waals surface area contributed by atoms with E-state index in [0.29, 0.717) is 0 Å². The van der Waals surface area contributed by atoms with Gasteiger partial charge < -0.3 is 0 Å². The smallest absolute Gasteiger partial charge is 0.0412 e. The zero-order valence-corrected chi connectivity index (χ0v) is 44.9. The number of hydrogen-bond donors (Lipinski definition) is 0. The Hall–Kier alpha value is 0. The van der Waals surface area contributed by atoms with Crippen molar-refractivity contribution < 1.29 is 0 Å². The predicted octanol–water partition coefficient (Wildman–Crippen LogP) is 24.0. The maximum Gasteiger partial charge on any atom is -0.0412 e. The molecule has 0 amide bonds. The van der Waals surface area contributed by atoms with Gasteiger partial charge in [0.05, 0.1) is 0 Å². The molecule has 0 aliphatic rings. The highest BCUT2D eigenvalue weighted by Crippen LogP contribution is 2.30. The molecule has 2 unspecified atom stereocenters. The van der Waals surface area contributed by atoms with E-state index in [2.05, 4.69) is 34.6 Å². The Bertz CT molecular complexity index is 751. The number of unbranched alkanes of at least 4 members (excludes halogenated alkanes) is 44. The molecule has 0 saturated heterocycles. The quantitative estimate of drug-likeness (QED) is 0.0534. The SMILES string of the molecule is CCCCCCCCCCCCCCCCC(CCC)CC(CCC)CCCCCCCCCCCCCCCCCCCCCCCCCCCCCCCCCCC(C)C. The van der Waals surface area contributed by atoms with Gasteiger partial charge in [-0.1, -0.05) is 375 Å². The van der Waals surface area contributed by atoms with E-state index in [1.54, 1.807) is 6.42 Å². The molecular weight excluding hydrogens is 745 g/mol. The molecule has 0 heteroatoms. The van der Waals surface area contributed by atoms with E-state index in [1.807, 2.05) is 0 Å². The van der Waals surface area contributed by atoms with Crippen molar-refractivity contribution in [2.45, 2.75) is 381 Å². The van der Waals surface area contributed by atoms with E-state index >= 15 is 0 Å². The highest BCUT2D eigenvalue weighted by Gasteiger charge is 2.15. The van der Waals surface area contributed by atoms with E-state index < -0.39 is 0 Å². The van der Waals surface area contributed by atoms with Crippen LogP contribution in [-0.2, 0) is 0 Å². The third kappa shape index (κ3) is 52.6. The van der Waals surface area contributed by atoms with Crippen molar-refractivity contribution >= 4 is 0 Å². The van der Waals surface area contributed by atoms with Gasteiger partial charge in [0.2, 0.25) is 0 Å². The maximum atomic E-state index is 2.43. The molecule has 2 atom stereocenters. The molecule has 0 N–H and O–H groups in total. The summed E-state index contributed by atoms with van der Waals surface area (Å²) in [5, 5.41) is 0. The normalized spacial score (nSPS) is 12.9. The third-order valence-electron chi connectivity index (χ3n) is 15.2. The van der Waals surface area contributed by atoms with Gasteiger partial charge >= 0.3 is 0 Å². The Balaban J connectivity index is 3.46. The lowest BCUT2D eigenvalue weighted by Gasteiger charge is -2.23. The topological polar surface area (TPSA) is 0 Å². The molecule has 0 rings (SSSR count). The van der Waals surface area contributed by atoms with Crippen LogP contribution in [0.2, 0.25) is 0 Å². The van der Waals surface area contributed by atoms with Crippen molar-refractivity contribution in [3.05, 3.63) is 0 Å². The van der Waals surface area contributed by atoms with Gasteiger partial charge in [0.1, 0.15) is 0 Å². The summed E-state index contributed by atoms with van der Waals surface area (Å²) >= 11 is 0. The standard InChI is InChI=1S/C62H126/c1-6-9-10-11-12-13-14-15-37-40-43-46-49-52-57-61(54-7-2)59-62(55-8-3)58-53-50-47-44-41-38-35-33-31-29-27-25-23-21-19-17-16-18-20-22-24-26-28-30-32-34-36-39-42-45-48-51-56-60(4)5/h60-62H,6-59H2,1-5H3. The summed E-state index contributed by atoms with van der Waals surface area (Å²) in [7, 11) is 0. The van der Waals surface area contributed by atoms with Crippen molar-refractivity contribution in [3.63, 3.8) is 0 Å². The molecule has 0 bridgehead atoms. The minimum absolute atomic E-state index is 0.894. The Morgan fingerprint density at radius 1 is 0.177 bits per heavy atom. The van der Waals surface area contributed by atoms with E-state index in [9.17, 15) is 0 Å². The molecule has 0 aromatic rings. The highest BCUT2D eigenvalue weighted by molar-refractivity contribution is 4.68. The van der Waals surface area contributed by atoms with Crippen LogP contribution in [0.1, 0.15) is 381 Å². The monoisotopic (exact) mass is 871 g/mol. The van der Waals surface area contributed by atoms with Crippen LogP contribution >= 0.6 is 0 Å². The number of hydrogen-bond acceptors (Lipinski definition) is 0. The van der Waals surface area contributed by atoms with E-state index in [1.165, 1.54) is 340 Å². The molecular formula is C62H126. The largest absolute Gasteiger partial charge is 0.0654 e. The van der Waals surface area contributed by atoms with Gasteiger partial charge in [0.25, 0.3) is 0 Å². The van der Waals surface area contributed by atoms with Crippen molar-refractivity contribution in [2.24, 2.45) is 17.8 Å². The van der Waals surface area contributed by atoms with Crippen molar-refractivity contribution in [2.75, 3.05) is 0 Å². The lowest BCUT2D eigenvalue weighted by atomic mass is 9.83. The van der Waals surface area contributed by atoms with Gasteiger partial charge in [-0.05, 0) is 24.2 Å². The minimum Gasteiger partial charge on any atom is -0.0654 e. The second-order valence-corrected chi connectivity index (χ2v) is 22.2. The minimum atomic E-state index is 0.894. The van der Waals surface area contributed by atoms with Gasteiger partial charge in [-0.25, -0.2) is 0 Å². The molecule has 0 aromatic carbocycles. The first-order chi connectivity index (χ1) is 30.6. The lowest BCUT2D eigenvalue weighted by molar-refractivity contribution is 0.291. The molecule has 0 fully saturated rings. The average molecular weight is 872 g/mol. The van der Waals surface area contributed by atoms with E-state index in [4.69, 9.17) is 0 Å². The molecule has 0 nitrogen and oxygen atoms in total. The average Bonchev–Trinajstić information content (AvgIpc) is 3.26. The molecule has 0 spiro atoms. The summed E-state index contributed by atoms with van der Waals surface area (Å²) in [5.74, 6) is 2.92. The predicted molar refractivity (Wildman–Crippen MR) is 288 cm³/mol. The summed E-state index contributed by atoms with van der Waals surface area (Å²) in [5.41, 5.74) is 0. The fraction of sp³-hybridized carbons (Fsp3) is 1.00. The van der Waals surface area contributed by atoms with Gasteiger partial charge in [0, 0.05) is 0 Å². The Morgan fingerprint density at radius 3 is 0.532 bits per heavy atom. The van der Waals surface area contributed by atoms with Crippen LogP contribution in [0.25, 0.3) is 0 Å². The van der Waals surface area contributed by atoms with Crippen LogP contribution in [-0.4, -0.2) is 0 Å². The van der Waals surface area contributed by atoms with Crippen LogP contribution in [0.15, 0.2) is 0 Å². The van der Waals surface area contributed by atoms with Gasteiger partial charge in [-0.15, -0.1) is 0 Å². The summed E-state index contributed by atoms with van der Waals surface area (Å²) in [6.07, 6.45) is 80.2. The van der Waals surface area contributed by atoms with E-state index in [0.717, 1.165) is 17.8 Å². The fourth-order valence-electron chi connectivity index (χ4n) is 11.0. The van der Waals surface area contributed by atoms with Gasteiger partial charge in [-0.3, -0.25) is 0 Å². The molecule has 0 radical (unpaired) electrons. The first-order valence-corrected chi connectivity index (χ1v) is 30.6. The van der Waals surface area contributed by atoms with Gasteiger partial charge in [0.15, 0.2) is 0 Å². The van der Waals surface area contributed by atoms with Crippen LogP contribution in [0.5, 0.6) is 0 Å². The maximum absolute atomic E-state index is 2.43. The van der Waals surface area contributed by atoms with Crippen molar-refractivity contribution in [1.82, 2.24) is 0 Å². The van der Waals surface area contributed by atoms with Gasteiger partial charge in [-0.2, -0.15) is 0 Å². The third-order valence-corrected chi connectivity index (χ3v) is 15.2. The van der Waals surface area contributed by atoms with Crippen LogP contribution in [0.3, 0.4) is 0 Å². The molecule has 0 aliphatic heterocycles. The summed E-state index contributed by atoms with van der Waals surface area (Å²) in [6.45, 7) is 11.9. The Kier molecular flexibility index (Phi) is 55.3. The van der Waals surface area contributed by atoms with Crippen LogP contribution < -0.4 is 0 Å². The molecule has 0 saturated carbocycles. The number of rotatable bonds is 56. The Morgan fingerprint density at radius 2 is 0.355 bits per heavy atom. The summed E-state index contributed by atoms with van der Waals surface area (Å²) < 4.78 is 0. The molecule has 0 aliphatic carbocycles. The Labute approximate surface area is 397 Å².